The minimum atomic E-state index is -4.27. The van der Waals surface area contributed by atoms with Crippen LogP contribution in [0.15, 0.2) is 39.3 Å². The van der Waals surface area contributed by atoms with Crippen molar-refractivity contribution in [2.45, 2.75) is 24.7 Å². The van der Waals surface area contributed by atoms with Gasteiger partial charge in [0.05, 0.1) is 5.76 Å². The lowest BCUT2D eigenvalue weighted by Crippen LogP contribution is -2.13. The maximum atomic E-state index is 14.0. The number of benzene rings is 1. The first-order valence-electron chi connectivity index (χ1n) is 6.79. The number of halogens is 1. The molecule has 0 unspecified atom stereocenters. The summed E-state index contributed by atoms with van der Waals surface area (Å²) in [5, 5.41) is 12.1. The normalized spacial score (nSPS) is 16.6. The van der Waals surface area contributed by atoms with Gasteiger partial charge in [0.2, 0.25) is 0 Å². The van der Waals surface area contributed by atoms with Crippen LogP contribution in [0.5, 0.6) is 0 Å². The molecule has 0 aromatic heterocycles. The number of anilines is 1. The van der Waals surface area contributed by atoms with Gasteiger partial charge in [-0.25, -0.2) is 4.39 Å². The Labute approximate surface area is 128 Å². The molecule has 1 saturated carbocycles. The van der Waals surface area contributed by atoms with E-state index >= 15 is 0 Å². The summed E-state index contributed by atoms with van der Waals surface area (Å²) in [5.41, 5.74) is 5.89. The minimum absolute atomic E-state index is 0.198. The molecule has 0 amide bonds. The zero-order valence-electron chi connectivity index (χ0n) is 12.1. The largest absolute Gasteiger partial charge is 0.512 e. The smallest absolute Gasteiger partial charge is 0.287 e. The van der Waals surface area contributed by atoms with E-state index in [1.54, 1.807) is 0 Å². The van der Waals surface area contributed by atoms with Crippen LogP contribution in [0.25, 0.3) is 0 Å². The Morgan fingerprint density at radius 3 is 2.77 bits per heavy atom. The first-order valence-corrected chi connectivity index (χ1v) is 8.23. The highest BCUT2D eigenvalue weighted by Crippen LogP contribution is 2.29. The predicted octanol–water partition coefficient (Wildman–Crippen LogP) is 2.16. The summed E-state index contributed by atoms with van der Waals surface area (Å²) in [6.45, 7) is 2.06. The number of rotatable bonds is 6. The van der Waals surface area contributed by atoms with E-state index in [2.05, 4.69) is 9.71 Å². The van der Waals surface area contributed by atoms with Gasteiger partial charge in [-0.1, -0.05) is 0 Å². The Morgan fingerprint density at radius 1 is 1.55 bits per heavy atom. The van der Waals surface area contributed by atoms with E-state index in [0.29, 0.717) is 11.6 Å². The maximum Gasteiger partial charge on any atom is 0.287 e. The Hall–Kier alpha value is -2.09. The van der Waals surface area contributed by atoms with Crippen LogP contribution in [0.1, 0.15) is 19.8 Å². The molecule has 120 valence electrons. The average Bonchev–Trinajstić information content (AvgIpc) is 3.18. The maximum absolute atomic E-state index is 14.0. The first-order chi connectivity index (χ1) is 10.3. The standard InChI is InChI=1S/C14H18FN3O3S/c1-9(19)6-14(16)18-22(20,21)13-5-4-11(7-12(13)15)17-8-10-2-3-10/h4-7,10,17,19H,2-3,8H2,1H3,(H2,16,18)/b9-6-. The molecule has 1 aromatic rings. The van der Waals surface area contributed by atoms with Gasteiger partial charge < -0.3 is 16.2 Å². The molecule has 4 N–H and O–H groups in total. The number of nitrogens with zero attached hydrogens (tertiary/aromatic N) is 1. The van der Waals surface area contributed by atoms with Crippen molar-refractivity contribution in [2.24, 2.45) is 16.0 Å². The van der Waals surface area contributed by atoms with Crippen LogP contribution < -0.4 is 11.1 Å². The summed E-state index contributed by atoms with van der Waals surface area (Å²) in [7, 11) is -4.27. The molecule has 1 aromatic carbocycles. The molecule has 2 rings (SSSR count). The minimum Gasteiger partial charge on any atom is -0.512 e. The molecule has 22 heavy (non-hydrogen) atoms. The summed E-state index contributed by atoms with van der Waals surface area (Å²) in [5.74, 6) is -0.904. The van der Waals surface area contributed by atoms with Gasteiger partial charge in [0.25, 0.3) is 10.0 Å². The van der Waals surface area contributed by atoms with E-state index in [1.165, 1.54) is 13.0 Å². The fourth-order valence-corrected chi connectivity index (χ4v) is 2.81. The van der Waals surface area contributed by atoms with Crippen LogP contribution >= 0.6 is 0 Å². The van der Waals surface area contributed by atoms with Crippen molar-refractivity contribution >= 4 is 21.5 Å². The van der Waals surface area contributed by atoms with Crippen molar-refractivity contribution < 1.29 is 17.9 Å². The lowest BCUT2D eigenvalue weighted by molar-refractivity contribution is 0.415. The molecule has 1 aliphatic rings. The van der Waals surface area contributed by atoms with Gasteiger partial charge in [0, 0.05) is 18.3 Å². The van der Waals surface area contributed by atoms with Crippen LogP contribution in [-0.4, -0.2) is 25.9 Å². The van der Waals surface area contributed by atoms with Crippen LogP contribution in [0.2, 0.25) is 0 Å². The second-order valence-corrected chi connectivity index (χ2v) is 6.82. The number of sulfonamides is 1. The van der Waals surface area contributed by atoms with Crippen LogP contribution in [0.3, 0.4) is 0 Å². The van der Waals surface area contributed by atoms with Crippen molar-refractivity contribution in [3.8, 4) is 0 Å². The Balaban J connectivity index is 2.21. The fourth-order valence-electron chi connectivity index (χ4n) is 1.83. The lowest BCUT2D eigenvalue weighted by Gasteiger charge is -2.07. The summed E-state index contributed by atoms with van der Waals surface area (Å²) in [6.07, 6.45) is 3.29. The van der Waals surface area contributed by atoms with E-state index in [0.717, 1.165) is 37.6 Å². The molecule has 0 aliphatic heterocycles. The van der Waals surface area contributed by atoms with Gasteiger partial charge in [-0.3, -0.25) is 0 Å². The molecule has 1 aliphatic carbocycles. The Kier molecular flexibility index (Phi) is 4.70. The van der Waals surface area contributed by atoms with Gasteiger partial charge >= 0.3 is 0 Å². The van der Waals surface area contributed by atoms with Crippen LogP contribution in [-0.2, 0) is 10.0 Å². The van der Waals surface area contributed by atoms with Gasteiger partial charge in [-0.2, -0.15) is 8.42 Å². The second kappa shape index (κ2) is 6.35. The third kappa shape index (κ3) is 4.45. The van der Waals surface area contributed by atoms with Crippen molar-refractivity contribution in [2.75, 3.05) is 11.9 Å². The predicted molar refractivity (Wildman–Crippen MR) is 82.8 cm³/mol. The fraction of sp³-hybridized carbons (Fsp3) is 0.357. The number of aliphatic hydroxyl groups is 1. The molecular weight excluding hydrogens is 309 g/mol. The quantitative estimate of drug-likeness (QED) is 0.422. The average molecular weight is 327 g/mol. The highest BCUT2D eigenvalue weighted by atomic mass is 32.2. The van der Waals surface area contributed by atoms with E-state index < -0.39 is 26.6 Å². The summed E-state index contributed by atoms with van der Waals surface area (Å²) in [4.78, 5) is -0.559. The number of allylic oxidation sites excluding steroid dienone is 1. The molecule has 8 heteroatoms. The number of nitrogens with two attached hydrogens (primary N) is 1. The summed E-state index contributed by atoms with van der Waals surface area (Å²) >= 11 is 0. The number of nitrogens with one attached hydrogen (secondary N) is 1. The highest BCUT2D eigenvalue weighted by Gasteiger charge is 2.22. The van der Waals surface area contributed by atoms with E-state index in [9.17, 15) is 12.8 Å². The molecule has 0 bridgehead atoms. The van der Waals surface area contributed by atoms with Gasteiger partial charge in [-0.05, 0) is 43.9 Å². The molecule has 0 radical (unpaired) electrons. The Morgan fingerprint density at radius 2 is 2.23 bits per heavy atom. The molecule has 1 fully saturated rings. The monoisotopic (exact) mass is 327 g/mol. The van der Waals surface area contributed by atoms with Gasteiger partial charge in [0.1, 0.15) is 16.5 Å². The number of hydrogen-bond donors (Lipinski definition) is 3. The molecule has 0 heterocycles. The number of amidine groups is 1. The zero-order valence-corrected chi connectivity index (χ0v) is 12.9. The van der Waals surface area contributed by atoms with Crippen molar-refractivity contribution in [1.29, 1.82) is 0 Å². The summed E-state index contributed by atoms with van der Waals surface area (Å²) in [6, 6.07) is 3.75. The molecule has 0 atom stereocenters. The number of hydrogen-bond acceptors (Lipinski definition) is 4. The zero-order chi connectivity index (χ0) is 16.3. The topological polar surface area (TPSA) is 105 Å². The van der Waals surface area contributed by atoms with Crippen molar-refractivity contribution in [3.05, 3.63) is 35.9 Å². The summed E-state index contributed by atoms with van der Waals surface area (Å²) < 4.78 is 41.3. The molecule has 0 saturated heterocycles. The second-order valence-electron chi connectivity index (χ2n) is 5.25. The molecule has 6 nitrogen and oxygen atoms in total. The third-order valence-corrected chi connectivity index (χ3v) is 4.42. The van der Waals surface area contributed by atoms with Crippen LogP contribution in [0, 0.1) is 11.7 Å². The lowest BCUT2D eigenvalue weighted by atomic mass is 10.3. The first kappa shape index (κ1) is 16.3. The number of aliphatic hydroxyl groups excluding tert-OH is 1. The SMILES string of the molecule is C/C(O)=C/C(N)=NS(=O)(=O)c1ccc(NCC2CC2)cc1F. The molecule has 0 spiro atoms. The van der Waals surface area contributed by atoms with Crippen molar-refractivity contribution in [3.63, 3.8) is 0 Å². The van der Waals surface area contributed by atoms with E-state index in [4.69, 9.17) is 10.8 Å². The Bertz CT molecular complexity index is 721. The third-order valence-electron chi connectivity index (χ3n) is 3.08. The van der Waals surface area contributed by atoms with Gasteiger partial charge in [-0.15, -0.1) is 4.40 Å². The molecular formula is C14H18FN3O3S. The highest BCUT2D eigenvalue weighted by molar-refractivity contribution is 7.90. The van der Waals surface area contributed by atoms with E-state index in [1.807, 2.05) is 0 Å². The van der Waals surface area contributed by atoms with E-state index in [-0.39, 0.29) is 5.76 Å². The van der Waals surface area contributed by atoms with Crippen LogP contribution in [0.4, 0.5) is 10.1 Å². The van der Waals surface area contributed by atoms with Gasteiger partial charge in [0.15, 0.2) is 0 Å². The van der Waals surface area contributed by atoms with Crippen molar-refractivity contribution in [1.82, 2.24) is 0 Å².